The minimum atomic E-state index is -0.887. The quantitative estimate of drug-likeness (QED) is 0.630. The number of hydrogen-bond acceptors (Lipinski definition) is 4. The average molecular weight is 258 g/mol. The Hall–Kier alpha value is -1.14. The topological polar surface area (TPSA) is 87.7 Å². The summed E-state index contributed by atoms with van der Waals surface area (Å²) in [6, 6.07) is 0. The number of rotatable bonds is 6. The number of nitrogens with one attached hydrogen (secondary N) is 2. The van der Waals surface area contributed by atoms with Crippen molar-refractivity contribution < 1.29 is 19.4 Å². The van der Waals surface area contributed by atoms with E-state index in [1.54, 1.807) is 0 Å². The van der Waals surface area contributed by atoms with Crippen LogP contribution >= 0.6 is 0 Å². The van der Waals surface area contributed by atoms with Gasteiger partial charge in [0, 0.05) is 0 Å². The Labute approximate surface area is 107 Å². The van der Waals surface area contributed by atoms with Crippen molar-refractivity contribution in [2.24, 2.45) is 0 Å². The van der Waals surface area contributed by atoms with Crippen LogP contribution in [0.15, 0.2) is 0 Å². The van der Waals surface area contributed by atoms with Gasteiger partial charge in [0.05, 0.1) is 18.1 Å². The fourth-order valence-electron chi connectivity index (χ4n) is 2.11. The SMILES string of the molecule is CC(C)OCC(=O)NC1(CC(=O)O)CCNCC1. The number of ether oxygens (including phenoxy) is 1. The Kier molecular flexibility index (Phi) is 5.55. The molecule has 0 aromatic rings. The van der Waals surface area contributed by atoms with Gasteiger partial charge in [-0.3, -0.25) is 9.59 Å². The molecule has 0 saturated carbocycles. The summed E-state index contributed by atoms with van der Waals surface area (Å²) >= 11 is 0. The maximum Gasteiger partial charge on any atom is 0.305 e. The molecule has 0 aromatic heterocycles. The van der Waals surface area contributed by atoms with Gasteiger partial charge in [-0.25, -0.2) is 0 Å². The van der Waals surface area contributed by atoms with Gasteiger partial charge in [-0.05, 0) is 39.8 Å². The second-order valence-electron chi connectivity index (χ2n) is 5.01. The number of carbonyl (C=O) groups is 2. The molecule has 1 amide bonds. The van der Waals surface area contributed by atoms with Crippen LogP contribution in [0, 0.1) is 0 Å². The zero-order chi connectivity index (χ0) is 13.6. The smallest absolute Gasteiger partial charge is 0.305 e. The van der Waals surface area contributed by atoms with Crippen LogP contribution in [0.5, 0.6) is 0 Å². The van der Waals surface area contributed by atoms with Crippen molar-refractivity contribution in [2.45, 2.75) is 44.8 Å². The monoisotopic (exact) mass is 258 g/mol. The van der Waals surface area contributed by atoms with E-state index in [1.165, 1.54) is 0 Å². The number of carboxylic acids is 1. The largest absolute Gasteiger partial charge is 0.481 e. The van der Waals surface area contributed by atoms with Crippen LogP contribution in [-0.4, -0.2) is 48.3 Å². The fraction of sp³-hybridized carbons (Fsp3) is 0.833. The van der Waals surface area contributed by atoms with Gasteiger partial charge in [0.1, 0.15) is 6.61 Å². The third-order valence-corrected chi connectivity index (χ3v) is 3.00. The zero-order valence-corrected chi connectivity index (χ0v) is 11.0. The molecule has 1 aliphatic heterocycles. The van der Waals surface area contributed by atoms with Gasteiger partial charge in [0.25, 0.3) is 0 Å². The van der Waals surface area contributed by atoms with E-state index in [0.29, 0.717) is 12.8 Å². The minimum absolute atomic E-state index is 0.0146. The molecule has 0 radical (unpaired) electrons. The molecule has 0 spiro atoms. The summed E-state index contributed by atoms with van der Waals surface area (Å²) in [6.07, 6.45) is 1.21. The highest BCUT2D eigenvalue weighted by molar-refractivity contribution is 5.79. The molecule has 104 valence electrons. The van der Waals surface area contributed by atoms with Crippen LogP contribution in [0.1, 0.15) is 33.1 Å². The van der Waals surface area contributed by atoms with E-state index in [0.717, 1.165) is 13.1 Å². The zero-order valence-electron chi connectivity index (χ0n) is 11.0. The molecular formula is C12H22N2O4. The van der Waals surface area contributed by atoms with Gasteiger partial charge >= 0.3 is 5.97 Å². The van der Waals surface area contributed by atoms with Gasteiger partial charge in [-0.15, -0.1) is 0 Å². The molecule has 1 rings (SSSR count). The number of carbonyl (C=O) groups excluding carboxylic acids is 1. The number of aliphatic carboxylic acids is 1. The highest BCUT2D eigenvalue weighted by Gasteiger charge is 2.35. The van der Waals surface area contributed by atoms with Gasteiger partial charge in [-0.2, -0.15) is 0 Å². The van der Waals surface area contributed by atoms with E-state index in [4.69, 9.17) is 9.84 Å². The van der Waals surface area contributed by atoms with E-state index in [2.05, 4.69) is 10.6 Å². The Morgan fingerprint density at radius 3 is 2.50 bits per heavy atom. The van der Waals surface area contributed by atoms with Crippen molar-refractivity contribution in [3.63, 3.8) is 0 Å². The van der Waals surface area contributed by atoms with Crippen LogP contribution < -0.4 is 10.6 Å². The summed E-state index contributed by atoms with van der Waals surface area (Å²) in [5.74, 6) is -1.13. The van der Waals surface area contributed by atoms with Crippen LogP contribution in [0.3, 0.4) is 0 Å². The van der Waals surface area contributed by atoms with Crippen molar-refractivity contribution in [3.05, 3.63) is 0 Å². The highest BCUT2D eigenvalue weighted by Crippen LogP contribution is 2.22. The molecule has 3 N–H and O–H groups in total. The molecule has 6 heteroatoms. The first-order valence-corrected chi connectivity index (χ1v) is 6.29. The van der Waals surface area contributed by atoms with Gasteiger partial charge < -0.3 is 20.5 Å². The van der Waals surface area contributed by atoms with Crippen molar-refractivity contribution in [2.75, 3.05) is 19.7 Å². The number of carboxylic acid groups (broad SMARTS) is 1. The van der Waals surface area contributed by atoms with Crippen LogP contribution in [0.4, 0.5) is 0 Å². The third-order valence-electron chi connectivity index (χ3n) is 3.00. The van der Waals surface area contributed by atoms with E-state index in [-0.39, 0.29) is 25.0 Å². The lowest BCUT2D eigenvalue weighted by molar-refractivity contribution is -0.140. The lowest BCUT2D eigenvalue weighted by Crippen LogP contribution is -2.56. The number of hydrogen-bond donors (Lipinski definition) is 3. The predicted octanol–water partition coefficient (Wildman–Crippen LogP) is 0.125. The summed E-state index contributed by atoms with van der Waals surface area (Å²) in [5.41, 5.74) is -0.630. The van der Waals surface area contributed by atoms with Crippen LogP contribution in [-0.2, 0) is 14.3 Å². The maximum absolute atomic E-state index is 11.8. The number of amides is 1. The first-order chi connectivity index (χ1) is 8.43. The molecular weight excluding hydrogens is 236 g/mol. The van der Waals surface area contributed by atoms with Crippen molar-refractivity contribution in [3.8, 4) is 0 Å². The Balaban J connectivity index is 2.55. The third kappa shape index (κ3) is 5.01. The van der Waals surface area contributed by atoms with Crippen molar-refractivity contribution in [1.82, 2.24) is 10.6 Å². The summed E-state index contributed by atoms with van der Waals surface area (Å²) in [4.78, 5) is 22.7. The number of piperidine rings is 1. The van der Waals surface area contributed by atoms with Crippen LogP contribution in [0.2, 0.25) is 0 Å². The van der Waals surface area contributed by atoms with Gasteiger partial charge in [0.2, 0.25) is 5.91 Å². The Bertz CT molecular complexity index is 298. The summed E-state index contributed by atoms with van der Waals surface area (Å²) in [5, 5.41) is 15.0. The van der Waals surface area contributed by atoms with E-state index >= 15 is 0 Å². The normalized spacial score (nSPS) is 18.6. The van der Waals surface area contributed by atoms with Crippen molar-refractivity contribution in [1.29, 1.82) is 0 Å². The molecule has 0 aromatic carbocycles. The van der Waals surface area contributed by atoms with Gasteiger partial charge in [-0.1, -0.05) is 0 Å². The summed E-state index contributed by atoms with van der Waals surface area (Å²) in [7, 11) is 0. The van der Waals surface area contributed by atoms with E-state index < -0.39 is 11.5 Å². The Morgan fingerprint density at radius 2 is 2.00 bits per heavy atom. The first-order valence-electron chi connectivity index (χ1n) is 6.29. The molecule has 18 heavy (non-hydrogen) atoms. The standard InChI is InChI=1S/C12H22N2O4/c1-9(2)18-8-10(15)14-12(7-11(16)17)3-5-13-6-4-12/h9,13H,3-8H2,1-2H3,(H,14,15)(H,16,17). The molecule has 1 fully saturated rings. The minimum Gasteiger partial charge on any atom is -0.481 e. The van der Waals surface area contributed by atoms with Crippen molar-refractivity contribution >= 4 is 11.9 Å². The van der Waals surface area contributed by atoms with E-state index in [1.807, 2.05) is 13.8 Å². The molecule has 0 atom stereocenters. The molecule has 0 unspecified atom stereocenters. The maximum atomic E-state index is 11.8. The molecule has 0 aliphatic carbocycles. The molecule has 1 saturated heterocycles. The van der Waals surface area contributed by atoms with Gasteiger partial charge in [0.15, 0.2) is 0 Å². The average Bonchev–Trinajstić information content (AvgIpc) is 2.26. The molecule has 1 aliphatic rings. The van der Waals surface area contributed by atoms with E-state index in [9.17, 15) is 9.59 Å². The summed E-state index contributed by atoms with van der Waals surface area (Å²) < 4.78 is 5.22. The second kappa shape index (κ2) is 6.70. The first kappa shape index (κ1) is 14.9. The molecule has 6 nitrogen and oxygen atoms in total. The second-order valence-corrected chi connectivity index (χ2v) is 5.01. The molecule has 1 heterocycles. The predicted molar refractivity (Wildman–Crippen MR) is 66.3 cm³/mol. The molecule has 0 bridgehead atoms. The van der Waals surface area contributed by atoms with Crippen LogP contribution in [0.25, 0.3) is 0 Å². The fourth-order valence-corrected chi connectivity index (χ4v) is 2.11. The highest BCUT2D eigenvalue weighted by atomic mass is 16.5. The Morgan fingerprint density at radius 1 is 1.39 bits per heavy atom. The lowest BCUT2D eigenvalue weighted by Gasteiger charge is -2.37. The lowest BCUT2D eigenvalue weighted by atomic mass is 9.85. The summed E-state index contributed by atoms with van der Waals surface area (Å²) in [6.45, 7) is 5.12.